The molecule has 1 nitrogen and oxygen atoms in total. The maximum atomic E-state index is 3.68. The third kappa shape index (κ3) is 2.55. The number of nitrogens with zero attached hydrogens (tertiary/aromatic N) is 1. The highest BCUT2D eigenvalue weighted by Gasteiger charge is 2.12. The summed E-state index contributed by atoms with van der Waals surface area (Å²) in [5.41, 5.74) is 2.77. The molecule has 0 radical (unpaired) electrons. The topological polar surface area (TPSA) is 4.93 Å². The molecule has 3 heteroatoms. The van der Waals surface area contributed by atoms with E-state index < -0.39 is 0 Å². The lowest BCUT2D eigenvalue weighted by atomic mass is 10.2. The molecule has 0 aliphatic heterocycles. The molecule has 1 heterocycles. The molecule has 0 amide bonds. The van der Waals surface area contributed by atoms with E-state index >= 15 is 0 Å². The molecule has 0 unspecified atom stereocenters. The molecule has 1 aromatic heterocycles. The molecule has 0 saturated carbocycles. The molecule has 0 atom stereocenters. The highest BCUT2D eigenvalue weighted by Crippen LogP contribution is 2.32. The van der Waals surface area contributed by atoms with E-state index in [1.807, 2.05) is 11.8 Å². The van der Waals surface area contributed by atoms with Crippen LogP contribution in [-0.2, 0) is 5.75 Å². The van der Waals surface area contributed by atoms with Crippen LogP contribution >= 0.6 is 27.7 Å². The van der Waals surface area contributed by atoms with Gasteiger partial charge >= 0.3 is 0 Å². The Morgan fingerprint density at radius 1 is 1.35 bits per heavy atom. The third-order valence-corrected chi connectivity index (χ3v) is 4.49. The van der Waals surface area contributed by atoms with E-state index in [9.17, 15) is 0 Å². The maximum Gasteiger partial charge on any atom is 0.0497 e. The van der Waals surface area contributed by atoms with Crippen LogP contribution in [0.3, 0.4) is 0 Å². The predicted molar refractivity (Wildman–Crippen MR) is 81.9 cm³/mol. The van der Waals surface area contributed by atoms with E-state index in [0.717, 1.165) is 5.75 Å². The average Bonchev–Trinajstić information content (AvgIpc) is 2.67. The molecule has 0 saturated heterocycles. The molecule has 1 aromatic carbocycles. The average molecular weight is 312 g/mol. The molecule has 0 aliphatic rings. The molecule has 0 bridgehead atoms. The van der Waals surface area contributed by atoms with Crippen LogP contribution < -0.4 is 0 Å². The minimum Gasteiger partial charge on any atom is -0.345 e. The quantitative estimate of drug-likeness (QED) is 0.747. The second-order valence-electron chi connectivity index (χ2n) is 4.43. The lowest BCUT2D eigenvalue weighted by Gasteiger charge is -2.08. The molecular weight excluding hydrogens is 294 g/mol. The lowest BCUT2D eigenvalue weighted by Crippen LogP contribution is -1.97. The Hall–Kier alpha value is -0.410. The van der Waals surface area contributed by atoms with Crippen molar-refractivity contribution >= 4 is 38.6 Å². The van der Waals surface area contributed by atoms with Crippen molar-refractivity contribution in [2.75, 3.05) is 5.75 Å². The zero-order valence-electron chi connectivity index (χ0n) is 10.5. The number of hydrogen-bond acceptors (Lipinski definition) is 1. The minimum absolute atomic E-state index is 0.507. The largest absolute Gasteiger partial charge is 0.345 e. The van der Waals surface area contributed by atoms with Gasteiger partial charge in [-0.25, -0.2) is 0 Å². The number of thioether (sulfide) groups is 1. The standard InChI is InChI=1S/C14H18BrNS/c1-4-17-9-11-8-16(10(2)3)13-7-5-6-12(15)14(11)13/h5-8,10H,4,9H2,1-3H3. The fourth-order valence-corrected chi connectivity index (χ4v) is 3.35. The van der Waals surface area contributed by atoms with Gasteiger partial charge < -0.3 is 4.57 Å². The van der Waals surface area contributed by atoms with Crippen LogP contribution in [0.1, 0.15) is 32.4 Å². The summed E-state index contributed by atoms with van der Waals surface area (Å²) in [5.74, 6) is 2.26. The van der Waals surface area contributed by atoms with E-state index in [1.165, 1.54) is 26.7 Å². The van der Waals surface area contributed by atoms with Crippen molar-refractivity contribution in [1.29, 1.82) is 0 Å². The smallest absolute Gasteiger partial charge is 0.0497 e. The summed E-state index contributed by atoms with van der Waals surface area (Å²) in [6.45, 7) is 6.68. The van der Waals surface area contributed by atoms with E-state index in [2.05, 4.69) is 65.7 Å². The first-order valence-electron chi connectivity index (χ1n) is 6.00. The zero-order valence-corrected chi connectivity index (χ0v) is 12.9. The molecule has 2 aromatic rings. The number of aromatic nitrogens is 1. The first-order valence-corrected chi connectivity index (χ1v) is 7.95. The van der Waals surface area contributed by atoms with Crippen LogP contribution in [0, 0.1) is 0 Å². The number of hydrogen-bond donors (Lipinski definition) is 0. The summed E-state index contributed by atoms with van der Waals surface area (Å²) in [5, 5.41) is 1.38. The van der Waals surface area contributed by atoms with Crippen molar-refractivity contribution in [3.8, 4) is 0 Å². The van der Waals surface area contributed by atoms with Crippen LogP contribution in [0.25, 0.3) is 10.9 Å². The lowest BCUT2D eigenvalue weighted by molar-refractivity contribution is 0.621. The van der Waals surface area contributed by atoms with E-state index in [0.29, 0.717) is 6.04 Å². The van der Waals surface area contributed by atoms with Crippen molar-refractivity contribution in [3.63, 3.8) is 0 Å². The minimum atomic E-state index is 0.507. The Kier molecular flexibility index (Phi) is 4.21. The van der Waals surface area contributed by atoms with Crippen LogP contribution in [0.4, 0.5) is 0 Å². The van der Waals surface area contributed by atoms with Gasteiger partial charge in [0, 0.05) is 33.4 Å². The Morgan fingerprint density at radius 2 is 2.12 bits per heavy atom. The van der Waals surface area contributed by atoms with Gasteiger partial charge in [-0.1, -0.05) is 28.9 Å². The van der Waals surface area contributed by atoms with Crippen LogP contribution in [-0.4, -0.2) is 10.3 Å². The summed E-state index contributed by atoms with van der Waals surface area (Å²) >= 11 is 5.66. The van der Waals surface area contributed by atoms with Crippen LogP contribution in [0.2, 0.25) is 0 Å². The Balaban J connectivity index is 2.59. The highest BCUT2D eigenvalue weighted by molar-refractivity contribution is 9.10. The van der Waals surface area contributed by atoms with Gasteiger partial charge in [0.2, 0.25) is 0 Å². The fraction of sp³-hybridized carbons (Fsp3) is 0.429. The second kappa shape index (κ2) is 5.49. The van der Waals surface area contributed by atoms with Gasteiger partial charge in [0.15, 0.2) is 0 Å². The van der Waals surface area contributed by atoms with E-state index in [4.69, 9.17) is 0 Å². The summed E-state index contributed by atoms with van der Waals surface area (Å²) < 4.78 is 3.58. The molecule has 0 N–H and O–H groups in total. The zero-order chi connectivity index (χ0) is 12.4. The van der Waals surface area contributed by atoms with Crippen molar-refractivity contribution in [2.45, 2.75) is 32.6 Å². The van der Waals surface area contributed by atoms with Crippen molar-refractivity contribution in [2.24, 2.45) is 0 Å². The summed E-state index contributed by atoms with van der Waals surface area (Å²) in [4.78, 5) is 0. The molecule has 92 valence electrons. The predicted octanol–water partition coefficient (Wildman–Crippen LogP) is 5.24. The van der Waals surface area contributed by atoms with Gasteiger partial charge in [-0.05, 0) is 37.3 Å². The maximum absolute atomic E-state index is 3.68. The Morgan fingerprint density at radius 3 is 2.76 bits per heavy atom. The van der Waals surface area contributed by atoms with Crippen LogP contribution in [0.15, 0.2) is 28.9 Å². The highest BCUT2D eigenvalue weighted by atomic mass is 79.9. The number of benzene rings is 1. The van der Waals surface area contributed by atoms with Gasteiger partial charge in [-0.3, -0.25) is 0 Å². The van der Waals surface area contributed by atoms with Crippen molar-refractivity contribution in [1.82, 2.24) is 4.57 Å². The Bertz CT molecular complexity index is 516. The van der Waals surface area contributed by atoms with E-state index in [-0.39, 0.29) is 0 Å². The molecule has 2 rings (SSSR count). The van der Waals surface area contributed by atoms with Gasteiger partial charge in [-0.15, -0.1) is 0 Å². The molecule has 0 spiro atoms. The Labute approximate surface area is 116 Å². The van der Waals surface area contributed by atoms with Crippen molar-refractivity contribution in [3.05, 3.63) is 34.4 Å². The molecule has 0 aliphatic carbocycles. The second-order valence-corrected chi connectivity index (χ2v) is 6.56. The van der Waals surface area contributed by atoms with E-state index in [1.54, 1.807) is 0 Å². The fourth-order valence-electron chi connectivity index (χ4n) is 2.10. The summed E-state index contributed by atoms with van der Waals surface area (Å²) in [6.07, 6.45) is 2.31. The summed E-state index contributed by atoms with van der Waals surface area (Å²) in [6, 6.07) is 6.96. The number of fused-ring (bicyclic) bond motifs is 1. The number of rotatable bonds is 4. The first kappa shape index (κ1) is 13.0. The third-order valence-electron chi connectivity index (χ3n) is 2.90. The van der Waals surface area contributed by atoms with Gasteiger partial charge in [0.25, 0.3) is 0 Å². The number of halogens is 1. The molecule has 17 heavy (non-hydrogen) atoms. The van der Waals surface area contributed by atoms with Gasteiger partial charge in [-0.2, -0.15) is 11.8 Å². The SMILES string of the molecule is CCSCc1cn(C(C)C)c2cccc(Br)c12. The van der Waals surface area contributed by atoms with Crippen molar-refractivity contribution < 1.29 is 0 Å². The first-order chi connectivity index (χ1) is 8.15. The molecular formula is C14H18BrNS. The summed E-state index contributed by atoms with van der Waals surface area (Å²) in [7, 11) is 0. The van der Waals surface area contributed by atoms with Gasteiger partial charge in [0.05, 0.1) is 0 Å². The van der Waals surface area contributed by atoms with Gasteiger partial charge in [0.1, 0.15) is 0 Å². The monoisotopic (exact) mass is 311 g/mol. The normalized spacial score (nSPS) is 11.6. The van der Waals surface area contributed by atoms with Crippen LogP contribution in [0.5, 0.6) is 0 Å². The molecule has 0 fully saturated rings.